The molecule has 22 heavy (non-hydrogen) atoms. The highest BCUT2D eigenvalue weighted by Gasteiger charge is 2.16. The minimum absolute atomic E-state index is 0.0608. The minimum atomic E-state index is 0.0608. The first-order chi connectivity index (χ1) is 10.5. The molecule has 112 valence electrons. The fraction of sp³-hybridized carbons (Fsp3) is 0.250. The molecule has 1 aromatic heterocycles. The summed E-state index contributed by atoms with van der Waals surface area (Å²) in [4.78, 5) is 12.8. The fourth-order valence-corrected chi connectivity index (χ4v) is 2.86. The van der Waals surface area contributed by atoms with Crippen LogP contribution in [0.5, 0.6) is 0 Å². The number of benzene rings is 2. The molecule has 2 heteroatoms. The maximum absolute atomic E-state index is 12.8. The van der Waals surface area contributed by atoms with Gasteiger partial charge in [0.1, 0.15) is 11.3 Å². The van der Waals surface area contributed by atoms with Gasteiger partial charge in [0.15, 0.2) is 5.43 Å². The second-order valence-corrected chi connectivity index (χ2v) is 6.14. The van der Waals surface area contributed by atoms with Gasteiger partial charge in [0.25, 0.3) is 0 Å². The molecule has 0 radical (unpaired) electrons. The van der Waals surface area contributed by atoms with E-state index in [1.54, 1.807) is 0 Å². The van der Waals surface area contributed by atoms with E-state index in [4.69, 9.17) is 4.42 Å². The summed E-state index contributed by atoms with van der Waals surface area (Å²) in [6.07, 6.45) is 0. The number of rotatable bonds is 2. The summed E-state index contributed by atoms with van der Waals surface area (Å²) in [6, 6.07) is 13.9. The molecule has 3 rings (SSSR count). The Balaban J connectivity index is 2.43. The molecule has 0 aliphatic carbocycles. The number of hydrogen-bond donors (Lipinski definition) is 0. The van der Waals surface area contributed by atoms with Gasteiger partial charge in [0.05, 0.1) is 5.39 Å². The van der Waals surface area contributed by atoms with Crippen LogP contribution < -0.4 is 5.43 Å². The molecular weight excluding hydrogens is 272 g/mol. The lowest BCUT2D eigenvalue weighted by Gasteiger charge is -2.13. The summed E-state index contributed by atoms with van der Waals surface area (Å²) in [7, 11) is 0. The molecule has 0 saturated heterocycles. The average Bonchev–Trinajstić information content (AvgIpc) is 2.51. The van der Waals surface area contributed by atoms with E-state index in [0.29, 0.717) is 22.6 Å². The Bertz CT molecular complexity index is 887. The lowest BCUT2D eigenvalue weighted by Crippen LogP contribution is -2.09. The van der Waals surface area contributed by atoms with E-state index in [2.05, 4.69) is 19.9 Å². The van der Waals surface area contributed by atoms with Gasteiger partial charge in [-0.1, -0.05) is 50.2 Å². The topological polar surface area (TPSA) is 30.2 Å². The van der Waals surface area contributed by atoms with Crippen molar-refractivity contribution in [2.24, 2.45) is 0 Å². The maximum atomic E-state index is 12.8. The third-order valence-electron chi connectivity index (χ3n) is 4.05. The molecule has 0 atom stereocenters. The van der Waals surface area contributed by atoms with Gasteiger partial charge in [-0.2, -0.15) is 0 Å². The average molecular weight is 292 g/mol. The zero-order valence-corrected chi connectivity index (χ0v) is 13.4. The zero-order chi connectivity index (χ0) is 15.9. The first-order valence-electron chi connectivity index (χ1n) is 7.62. The van der Waals surface area contributed by atoms with Crippen molar-refractivity contribution in [1.29, 1.82) is 0 Å². The molecule has 3 aromatic rings. The Labute approximate surface area is 130 Å². The van der Waals surface area contributed by atoms with Crippen LogP contribution in [0.3, 0.4) is 0 Å². The zero-order valence-electron chi connectivity index (χ0n) is 13.4. The van der Waals surface area contributed by atoms with Crippen LogP contribution in [-0.4, -0.2) is 0 Å². The molecule has 0 bridgehead atoms. The van der Waals surface area contributed by atoms with Crippen LogP contribution in [0, 0.1) is 13.8 Å². The summed E-state index contributed by atoms with van der Waals surface area (Å²) in [5, 5.41) is 0.681. The highest BCUT2D eigenvalue weighted by molar-refractivity contribution is 5.84. The predicted octanol–water partition coefficient (Wildman–Crippen LogP) is 5.20. The van der Waals surface area contributed by atoms with Gasteiger partial charge in [0, 0.05) is 11.1 Å². The highest BCUT2D eigenvalue weighted by Crippen LogP contribution is 2.31. The standard InChI is InChI=1S/C20H20O2/c1-12(2)16-10-13(3)11-17-18(21)14(4)19(22-20(16)17)15-8-6-5-7-9-15/h5-12H,1-4H3. The molecule has 0 aliphatic rings. The monoisotopic (exact) mass is 292 g/mol. The van der Waals surface area contributed by atoms with Crippen molar-refractivity contribution in [3.8, 4) is 11.3 Å². The number of aryl methyl sites for hydroxylation is 1. The normalized spacial score (nSPS) is 11.3. The van der Waals surface area contributed by atoms with E-state index in [-0.39, 0.29) is 5.43 Å². The Morgan fingerprint density at radius 1 is 1.00 bits per heavy atom. The van der Waals surface area contributed by atoms with Crippen molar-refractivity contribution >= 4 is 11.0 Å². The Morgan fingerprint density at radius 3 is 2.32 bits per heavy atom. The molecule has 2 nitrogen and oxygen atoms in total. The summed E-state index contributed by atoms with van der Waals surface area (Å²) in [5.41, 5.74) is 4.56. The summed E-state index contributed by atoms with van der Waals surface area (Å²) in [6.45, 7) is 8.10. The third kappa shape index (κ3) is 2.35. The summed E-state index contributed by atoms with van der Waals surface area (Å²) in [5.74, 6) is 0.973. The van der Waals surface area contributed by atoms with E-state index in [1.165, 1.54) is 0 Å². The van der Waals surface area contributed by atoms with Crippen LogP contribution in [0.25, 0.3) is 22.3 Å². The van der Waals surface area contributed by atoms with Crippen molar-refractivity contribution in [1.82, 2.24) is 0 Å². The van der Waals surface area contributed by atoms with E-state index in [0.717, 1.165) is 22.3 Å². The van der Waals surface area contributed by atoms with Crippen LogP contribution in [0.2, 0.25) is 0 Å². The van der Waals surface area contributed by atoms with Crippen LogP contribution in [0.4, 0.5) is 0 Å². The first kappa shape index (κ1) is 14.6. The van der Waals surface area contributed by atoms with Crippen molar-refractivity contribution in [2.75, 3.05) is 0 Å². The fourth-order valence-electron chi connectivity index (χ4n) is 2.86. The molecule has 1 heterocycles. The van der Waals surface area contributed by atoms with Crippen LogP contribution in [-0.2, 0) is 0 Å². The second kappa shape index (κ2) is 5.45. The van der Waals surface area contributed by atoms with E-state index in [1.807, 2.05) is 50.2 Å². The minimum Gasteiger partial charge on any atom is -0.455 e. The molecule has 0 saturated carbocycles. The van der Waals surface area contributed by atoms with Crippen LogP contribution in [0.1, 0.15) is 36.5 Å². The summed E-state index contributed by atoms with van der Waals surface area (Å²) < 4.78 is 6.21. The maximum Gasteiger partial charge on any atom is 0.196 e. The molecule has 0 aliphatic heterocycles. The second-order valence-electron chi connectivity index (χ2n) is 6.14. The Hall–Kier alpha value is -2.35. The molecule has 0 fully saturated rings. The number of fused-ring (bicyclic) bond motifs is 1. The lowest BCUT2D eigenvalue weighted by molar-refractivity contribution is 0.605. The van der Waals surface area contributed by atoms with E-state index >= 15 is 0 Å². The molecule has 0 amide bonds. The first-order valence-corrected chi connectivity index (χ1v) is 7.62. The van der Waals surface area contributed by atoms with E-state index < -0.39 is 0 Å². The predicted molar refractivity (Wildman–Crippen MR) is 91.5 cm³/mol. The Kier molecular flexibility index (Phi) is 3.61. The molecule has 0 N–H and O–H groups in total. The smallest absolute Gasteiger partial charge is 0.196 e. The van der Waals surface area contributed by atoms with Gasteiger partial charge in [-0.3, -0.25) is 4.79 Å². The van der Waals surface area contributed by atoms with Crippen molar-refractivity contribution < 1.29 is 4.42 Å². The number of hydrogen-bond acceptors (Lipinski definition) is 2. The Morgan fingerprint density at radius 2 is 1.68 bits per heavy atom. The lowest BCUT2D eigenvalue weighted by atomic mass is 9.96. The van der Waals surface area contributed by atoms with Gasteiger partial charge < -0.3 is 4.42 Å². The molecule has 0 unspecified atom stereocenters. The van der Waals surface area contributed by atoms with Crippen LogP contribution in [0.15, 0.2) is 51.7 Å². The van der Waals surface area contributed by atoms with Gasteiger partial charge >= 0.3 is 0 Å². The third-order valence-corrected chi connectivity index (χ3v) is 4.05. The SMILES string of the molecule is Cc1cc(C(C)C)c2oc(-c3ccccc3)c(C)c(=O)c2c1. The van der Waals surface area contributed by atoms with Crippen LogP contribution >= 0.6 is 0 Å². The highest BCUT2D eigenvalue weighted by atomic mass is 16.3. The summed E-state index contributed by atoms with van der Waals surface area (Å²) >= 11 is 0. The van der Waals surface area contributed by atoms with Gasteiger partial charge in [-0.25, -0.2) is 0 Å². The molecule has 0 spiro atoms. The quantitative estimate of drug-likeness (QED) is 0.650. The molecule has 2 aromatic carbocycles. The van der Waals surface area contributed by atoms with Crippen molar-refractivity contribution in [2.45, 2.75) is 33.6 Å². The van der Waals surface area contributed by atoms with E-state index in [9.17, 15) is 4.79 Å². The van der Waals surface area contributed by atoms with Gasteiger partial charge in [-0.05, 0) is 37.0 Å². The van der Waals surface area contributed by atoms with Gasteiger partial charge in [0.2, 0.25) is 0 Å². The van der Waals surface area contributed by atoms with Crippen molar-refractivity contribution in [3.63, 3.8) is 0 Å². The molecular formula is C20H20O2. The largest absolute Gasteiger partial charge is 0.455 e. The van der Waals surface area contributed by atoms with Crippen molar-refractivity contribution in [3.05, 3.63) is 69.4 Å². The van der Waals surface area contributed by atoms with Gasteiger partial charge in [-0.15, -0.1) is 0 Å².